The Hall–Kier alpha value is -1.18. The zero-order valence-electron chi connectivity index (χ0n) is 7.07. The minimum Gasteiger partial charge on any atom is -0.303 e. The minimum absolute atomic E-state index is 0.686. The molecule has 2 heteroatoms. The fourth-order valence-electron chi connectivity index (χ4n) is 1.11. The largest absolute Gasteiger partial charge is 0.303 e. The molecule has 0 saturated heterocycles. The summed E-state index contributed by atoms with van der Waals surface area (Å²) in [6.07, 6.45) is 8.40. The Bertz CT molecular complexity index is 221. The molecule has 1 rings (SSSR count). The normalized spacial score (nSPS) is 9.67. The van der Waals surface area contributed by atoms with E-state index in [4.69, 9.17) is 0 Å². The van der Waals surface area contributed by atoms with E-state index in [0.29, 0.717) is 6.42 Å². The number of hydrogen-bond donors (Lipinski definition) is 0. The highest BCUT2D eigenvalue weighted by atomic mass is 16.1. The fraction of sp³-hybridized carbons (Fsp3) is 0.400. The molecule has 0 aromatic carbocycles. The first-order chi connectivity index (χ1) is 5.93. The first-order valence-electron chi connectivity index (χ1n) is 4.26. The van der Waals surface area contributed by atoms with Crippen LogP contribution >= 0.6 is 0 Å². The van der Waals surface area contributed by atoms with Gasteiger partial charge in [0, 0.05) is 18.8 Å². The van der Waals surface area contributed by atoms with Crippen molar-refractivity contribution >= 4 is 6.29 Å². The molecule has 12 heavy (non-hydrogen) atoms. The van der Waals surface area contributed by atoms with Crippen LogP contribution in [0, 0.1) is 0 Å². The number of hydrogen-bond acceptors (Lipinski definition) is 2. The second-order valence-electron chi connectivity index (χ2n) is 2.77. The Balaban J connectivity index is 2.20. The van der Waals surface area contributed by atoms with Gasteiger partial charge in [0.1, 0.15) is 6.29 Å². The summed E-state index contributed by atoms with van der Waals surface area (Å²) in [5.74, 6) is 0. The van der Waals surface area contributed by atoms with E-state index in [1.165, 1.54) is 5.56 Å². The van der Waals surface area contributed by atoms with Crippen LogP contribution < -0.4 is 0 Å². The predicted octanol–water partition coefficient (Wildman–Crippen LogP) is 1.99. The summed E-state index contributed by atoms with van der Waals surface area (Å²) in [6.45, 7) is 0. The van der Waals surface area contributed by atoms with Gasteiger partial charge in [-0.3, -0.25) is 4.98 Å². The molecule has 0 N–H and O–H groups in total. The number of aldehydes is 1. The van der Waals surface area contributed by atoms with Crippen LogP contribution in [0.4, 0.5) is 0 Å². The first kappa shape index (κ1) is 8.91. The van der Waals surface area contributed by atoms with Gasteiger partial charge in [0.05, 0.1) is 0 Å². The van der Waals surface area contributed by atoms with Crippen molar-refractivity contribution < 1.29 is 4.79 Å². The lowest BCUT2D eigenvalue weighted by atomic mass is 10.1. The number of carbonyl (C=O) groups excluding carboxylic acids is 1. The highest BCUT2D eigenvalue weighted by molar-refractivity contribution is 5.48. The second kappa shape index (κ2) is 5.47. The van der Waals surface area contributed by atoms with Crippen LogP contribution in [0.1, 0.15) is 24.8 Å². The zero-order valence-corrected chi connectivity index (χ0v) is 7.07. The zero-order chi connectivity index (χ0) is 8.65. The lowest BCUT2D eigenvalue weighted by molar-refractivity contribution is -0.107. The fourth-order valence-corrected chi connectivity index (χ4v) is 1.11. The van der Waals surface area contributed by atoms with Crippen molar-refractivity contribution in [2.45, 2.75) is 25.7 Å². The van der Waals surface area contributed by atoms with Gasteiger partial charge >= 0.3 is 0 Å². The molecule has 0 aliphatic carbocycles. The third kappa shape index (κ3) is 3.28. The summed E-state index contributed by atoms with van der Waals surface area (Å²) in [5.41, 5.74) is 1.30. The number of rotatable bonds is 5. The Morgan fingerprint density at radius 1 is 1.25 bits per heavy atom. The van der Waals surface area contributed by atoms with E-state index in [0.717, 1.165) is 25.5 Å². The van der Waals surface area contributed by atoms with Gasteiger partial charge in [-0.1, -0.05) is 0 Å². The van der Waals surface area contributed by atoms with Crippen molar-refractivity contribution in [2.75, 3.05) is 0 Å². The molecular formula is C10H13NO. The topological polar surface area (TPSA) is 30.0 Å². The van der Waals surface area contributed by atoms with Crippen molar-refractivity contribution in [1.82, 2.24) is 4.98 Å². The molecule has 64 valence electrons. The lowest BCUT2D eigenvalue weighted by Gasteiger charge is -1.97. The Morgan fingerprint density at radius 3 is 2.67 bits per heavy atom. The number of aromatic nitrogens is 1. The second-order valence-corrected chi connectivity index (χ2v) is 2.77. The quantitative estimate of drug-likeness (QED) is 0.491. The summed E-state index contributed by atoms with van der Waals surface area (Å²) < 4.78 is 0. The molecule has 0 fully saturated rings. The van der Waals surface area contributed by atoms with Crippen LogP contribution in [0.3, 0.4) is 0 Å². The summed E-state index contributed by atoms with van der Waals surface area (Å²) >= 11 is 0. The molecule has 2 nitrogen and oxygen atoms in total. The van der Waals surface area contributed by atoms with E-state index < -0.39 is 0 Å². The van der Waals surface area contributed by atoms with Crippen molar-refractivity contribution in [2.24, 2.45) is 0 Å². The smallest absolute Gasteiger partial charge is 0.119 e. The highest BCUT2D eigenvalue weighted by Crippen LogP contribution is 2.03. The minimum atomic E-state index is 0.686. The van der Waals surface area contributed by atoms with Gasteiger partial charge in [0.25, 0.3) is 0 Å². The van der Waals surface area contributed by atoms with Gasteiger partial charge in [0.15, 0.2) is 0 Å². The SMILES string of the molecule is O=CCCCCc1ccncc1. The van der Waals surface area contributed by atoms with Gasteiger partial charge in [-0.05, 0) is 37.0 Å². The molecule has 1 heterocycles. The van der Waals surface area contributed by atoms with Crippen LogP contribution in [-0.4, -0.2) is 11.3 Å². The monoisotopic (exact) mass is 163 g/mol. The van der Waals surface area contributed by atoms with Crippen LogP contribution in [-0.2, 0) is 11.2 Å². The maximum absolute atomic E-state index is 10.0. The van der Waals surface area contributed by atoms with Gasteiger partial charge in [-0.2, -0.15) is 0 Å². The van der Waals surface area contributed by atoms with Gasteiger partial charge in [0.2, 0.25) is 0 Å². The molecule has 0 aliphatic heterocycles. The first-order valence-corrected chi connectivity index (χ1v) is 4.26. The predicted molar refractivity (Wildman–Crippen MR) is 47.9 cm³/mol. The number of nitrogens with zero attached hydrogens (tertiary/aromatic N) is 1. The van der Waals surface area contributed by atoms with Crippen LogP contribution in [0.2, 0.25) is 0 Å². The van der Waals surface area contributed by atoms with Crippen molar-refractivity contribution in [3.05, 3.63) is 30.1 Å². The van der Waals surface area contributed by atoms with Crippen molar-refractivity contribution in [3.63, 3.8) is 0 Å². The average Bonchev–Trinajstić information content (AvgIpc) is 2.14. The number of aryl methyl sites for hydroxylation is 1. The van der Waals surface area contributed by atoms with E-state index in [-0.39, 0.29) is 0 Å². The van der Waals surface area contributed by atoms with Gasteiger partial charge in [-0.25, -0.2) is 0 Å². The summed E-state index contributed by atoms with van der Waals surface area (Å²) in [6, 6.07) is 4.03. The third-order valence-electron chi connectivity index (χ3n) is 1.79. The van der Waals surface area contributed by atoms with Crippen molar-refractivity contribution in [3.8, 4) is 0 Å². The Morgan fingerprint density at radius 2 is 2.00 bits per heavy atom. The Labute approximate surface area is 72.6 Å². The molecule has 0 unspecified atom stereocenters. The van der Waals surface area contributed by atoms with Gasteiger partial charge in [-0.15, -0.1) is 0 Å². The maximum Gasteiger partial charge on any atom is 0.119 e. The van der Waals surface area contributed by atoms with Crippen LogP contribution in [0.5, 0.6) is 0 Å². The molecule has 0 radical (unpaired) electrons. The maximum atomic E-state index is 10.0. The summed E-state index contributed by atoms with van der Waals surface area (Å²) in [4.78, 5) is 13.9. The molecule has 1 aromatic rings. The molecule has 1 aromatic heterocycles. The Kier molecular flexibility index (Phi) is 4.06. The van der Waals surface area contributed by atoms with E-state index in [2.05, 4.69) is 4.98 Å². The third-order valence-corrected chi connectivity index (χ3v) is 1.79. The summed E-state index contributed by atoms with van der Waals surface area (Å²) in [7, 11) is 0. The molecule has 0 spiro atoms. The molecular weight excluding hydrogens is 150 g/mol. The van der Waals surface area contributed by atoms with Crippen molar-refractivity contribution in [1.29, 1.82) is 0 Å². The number of pyridine rings is 1. The van der Waals surface area contributed by atoms with Crippen LogP contribution in [0.15, 0.2) is 24.5 Å². The van der Waals surface area contributed by atoms with Gasteiger partial charge < -0.3 is 4.79 Å². The van der Waals surface area contributed by atoms with Crippen LogP contribution in [0.25, 0.3) is 0 Å². The number of carbonyl (C=O) groups is 1. The standard InChI is InChI=1S/C10H13NO/c12-9-3-1-2-4-10-5-7-11-8-6-10/h5-9H,1-4H2. The molecule has 0 amide bonds. The highest BCUT2D eigenvalue weighted by Gasteiger charge is 1.91. The van der Waals surface area contributed by atoms with E-state index in [1.54, 1.807) is 12.4 Å². The lowest BCUT2D eigenvalue weighted by Crippen LogP contribution is -1.86. The molecule has 0 atom stereocenters. The van der Waals surface area contributed by atoms with E-state index in [1.807, 2.05) is 12.1 Å². The number of unbranched alkanes of at least 4 members (excludes halogenated alkanes) is 2. The van der Waals surface area contributed by atoms with E-state index >= 15 is 0 Å². The molecule has 0 bridgehead atoms. The summed E-state index contributed by atoms with van der Waals surface area (Å²) in [5, 5.41) is 0. The molecule has 0 saturated carbocycles. The van der Waals surface area contributed by atoms with E-state index in [9.17, 15) is 4.79 Å². The average molecular weight is 163 g/mol. The molecule has 0 aliphatic rings.